The largest absolute Gasteiger partial charge is 0.469 e. The Hall–Kier alpha value is -1.72. The number of aliphatic hydroxyl groups excluding tert-OH is 1. The van der Waals surface area contributed by atoms with Crippen LogP contribution in [0.15, 0.2) is 35.1 Å². The minimum Gasteiger partial charge on any atom is -0.469 e. The quantitative estimate of drug-likeness (QED) is 0.882. The zero-order valence-corrected chi connectivity index (χ0v) is 11.7. The summed E-state index contributed by atoms with van der Waals surface area (Å²) in [5, 5.41) is 10.0. The SMILES string of the molecule is Cc1occc1CN(C)CCC(O)c1ccc(F)cn1. The Morgan fingerprint density at radius 2 is 2.20 bits per heavy atom. The second kappa shape index (κ2) is 6.63. The molecule has 2 aromatic rings. The molecule has 4 nitrogen and oxygen atoms in total. The molecule has 2 aromatic heterocycles. The highest BCUT2D eigenvalue weighted by atomic mass is 19.1. The van der Waals surface area contributed by atoms with Gasteiger partial charge in [-0.1, -0.05) is 0 Å². The van der Waals surface area contributed by atoms with Gasteiger partial charge in [-0.25, -0.2) is 4.39 Å². The molecule has 1 atom stereocenters. The standard InChI is InChI=1S/C15H19FN2O2/c1-11-12(6-8-20-11)10-18(2)7-5-15(19)14-4-3-13(16)9-17-14/h3-4,6,8-9,15,19H,5,7,10H2,1-2H3. The van der Waals surface area contributed by atoms with Crippen LogP contribution in [-0.4, -0.2) is 28.6 Å². The lowest BCUT2D eigenvalue weighted by Crippen LogP contribution is -2.21. The smallest absolute Gasteiger partial charge is 0.141 e. The van der Waals surface area contributed by atoms with Gasteiger partial charge >= 0.3 is 0 Å². The average molecular weight is 278 g/mol. The first-order chi connectivity index (χ1) is 9.56. The molecular weight excluding hydrogens is 259 g/mol. The molecule has 5 heteroatoms. The highest BCUT2D eigenvalue weighted by molar-refractivity contribution is 5.15. The van der Waals surface area contributed by atoms with Gasteiger partial charge in [0, 0.05) is 18.7 Å². The maximum absolute atomic E-state index is 12.8. The first-order valence-electron chi connectivity index (χ1n) is 6.57. The Labute approximate surface area is 117 Å². The lowest BCUT2D eigenvalue weighted by Gasteiger charge is -2.18. The molecule has 1 N–H and O–H groups in total. The van der Waals surface area contributed by atoms with Crippen molar-refractivity contribution >= 4 is 0 Å². The molecule has 0 saturated heterocycles. The van der Waals surface area contributed by atoms with Crippen molar-refractivity contribution in [3.63, 3.8) is 0 Å². The number of aliphatic hydroxyl groups is 1. The summed E-state index contributed by atoms with van der Waals surface area (Å²) in [6.45, 7) is 3.41. The van der Waals surface area contributed by atoms with Crippen LogP contribution in [0.5, 0.6) is 0 Å². The minimum absolute atomic E-state index is 0.395. The molecule has 0 amide bonds. The molecule has 0 fully saturated rings. The Morgan fingerprint density at radius 1 is 1.40 bits per heavy atom. The van der Waals surface area contributed by atoms with Crippen LogP contribution in [-0.2, 0) is 6.54 Å². The molecule has 2 heterocycles. The van der Waals surface area contributed by atoms with Gasteiger partial charge < -0.3 is 14.4 Å². The first-order valence-corrected chi connectivity index (χ1v) is 6.57. The van der Waals surface area contributed by atoms with Crippen molar-refractivity contribution in [2.24, 2.45) is 0 Å². The third kappa shape index (κ3) is 3.88. The highest BCUT2D eigenvalue weighted by Crippen LogP contribution is 2.16. The molecule has 0 aliphatic rings. The van der Waals surface area contributed by atoms with Crippen molar-refractivity contribution in [1.29, 1.82) is 0 Å². The molecule has 1 unspecified atom stereocenters. The van der Waals surface area contributed by atoms with Crippen LogP contribution < -0.4 is 0 Å². The van der Waals surface area contributed by atoms with E-state index >= 15 is 0 Å². The van der Waals surface area contributed by atoms with Crippen molar-refractivity contribution in [2.75, 3.05) is 13.6 Å². The van der Waals surface area contributed by atoms with Gasteiger partial charge in [0.15, 0.2) is 0 Å². The van der Waals surface area contributed by atoms with Crippen LogP contribution in [0.4, 0.5) is 4.39 Å². The monoisotopic (exact) mass is 278 g/mol. The van der Waals surface area contributed by atoms with E-state index in [0.717, 1.165) is 24.1 Å². The fraction of sp³-hybridized carbons (Fsp3) is 0.400. The van der Waals surface area contributed by atoms with Gasteiger partial charge in [0.1, 0.15) is 11.6 Å². The number of aryl methyl sites for hydroxylation is 1. The third-order valence-electron chi connectivity index (χ3n) is 3.28. The molecule has 0 radical (unpaired) electrons. The molecule has 20 heavy (non-hydrogen) atoms. The van der Waals surface area contributed by atoms with Crippen molar-refractivity contribution in [2.45, 2.75) is 26.0 Å². The van der Waals surface area contributed by atoms with E-state index in [1.807, 2.05) is 20.0 Å². The van der Waals surface area contributed by atoms with E-state index in [2.05, 4.69) is 9.88 Å². The van der Waals surface area contributed by atoms with Gasteiger partial charge in [0.25, 0.3) is 0 Å². The van der Waals surface area contributed by atoms with Gasteiger partial charge in [0.2, 0.25) is 0 Å². The summed E-state index contributed by atoms with van der Waals surface area (Å²) >= 11 is 0. The Kier molecular flexibility index (Phi) is 4.87. The van der Waals surface area contributed by atoms with Crippen LogP contribution in [0.2, 0.25) is 0 Å². The summed E-state index contributed by atoms with van der Waals surface area (Å²) in [5.74, 6) is 0.520. The van der Waals surface area contributed by atoms with Crippen molar-refractivity contribution in [3.8, 4) is 0 Å². The molecular formula is C15H19FN2O2. The van der Waals surface area contributed by atoms with Crippen LogP contribution in [0.1, 0.15) is 29.5 Å². The zero-order valence-electron chi connectivity index (χ0n) is 11.7. The minimum atomic E-state index is -0.677. The van der Waals surface area contributed by atoms with Crippen LogP contribution >= 0.6 is 0 Å². The van der Waals surface area contributed by atoms with Gasteiger partial charge in [-0.2, -0.15) is 0 Å². The summed E-state index contributed by atoms with van der Waals surface area (Å²) in [7, 11) is 1.98. The molecule has 2 rings (SSSR count). The van der Waals surface area contributed by atoms with Crippen molar-refractivity contribution < 1.29 is 13.9 Å². The van der Waals surface area contributed by atoms with Gasteiger partial charge in [-0.15, -0.1) is 0 Å². The van der Waals surface area contributed by atoms with E-state index in [-0.39, 0.29) is 0 Å². The lowest BCUT2D eigenvalue weighted by atomic mass is 10.1. The number of hydrogen-bond acceptors (Lipinski definition) is 4. The molecule has 0 saturated carbocycles. The second-order valence-electron chi connectivity index (χ2n) is 4.95. The van der Waals surface area contributed by atoms with Gasteiger partial charge in [0.05, 0.1) is 24.3 Å². The highest BCUT2D eigenvalue weighted by Gasteiger charge is 2.11. The molecule has 0 aromatic carbocycles. The fourth-order valence-electron chi connectivity index (χ4n) is 2.02. The van der Waals surface area contributed by atoms with E-state index in [1.165, 1.54) is 12.1 Å². The van der Waals surface area contributed by atoms with Crippen LogP contribution in [0.25, 0.3) is 0 Å². The maximum atomic E-state index is 12.8. The van der Waals surface area contributed by atoms with Crippen LogP contribution in [0, 0.1) is 12.7 Å². The number of hydrogen-bond donors (Lipinski definition) is 1. The van der Waals surface area contributed by atoms with E-state index in [0.29, 0.717) is 18.7 Å². The van der Waals surface area contributed by atoms with E-state index in [4.69, 9.17) is 4.42 Å². The normalized spacial score (nSPS) is 12.8. The van der Waals surface area contributed by atoms with E-state index < -0.39 is 11.9 Å². The summed E-state index contributed by atoms with van der Waals surface area (Å²) in [6.07, 6.45) is 2.67. The number of halogens is 1. The summed E-state index contributed by atoms with van der Waals surface area (Å²) in [6, 6.07) is 4.77. The second-order valence-corrected chi connectivity index (χ2v) is 4.95. The van der Waals surface area contributed by atoms with Crippen molar-refractivity contribution in [1.82, 2.24) is 9.88 Å². The summed E-state index contributed by atoms with van der Waals surface area (Å²) < 4.78 is 18.0. The molecule has 0 spiro atoms. The number of pyridine rings is 1. The summed E-state index contributed by atoms with van der Waals surface area (Å²) in [5.41, 5.74) is 1.64. The van der Waals surface area contributed by atoms with Crippen LogP contribution in [0.3, 0.4) is 0 Å². The van der Waals surface area contributed by atoms with E-state index in [9.17, 15) is 9.50 Å². The topological polar surface area (TPSA) is 49.5 Å². The first kappa shape index (κ1) is 14.7. The molecule has 108 valence electrons. The Balaban J connectivity index is 1.82. The average Bonchev–Trinajstić information content (AvgIpc) is 2.82. The number of rotatable bonds is 6. The maximum Gasteiger partial charge on any atom is 0.141 e. The zero-order chi connectivity index (χ0) is 14.5. The lowest BCUT2D eigenvalue weighted by molar-refractivity contribution is 0.143. The Bertz CT molecular complexity index is 539. The predicted molar refractivity (Wildman–Crippen MR) is 73.6 cm³/mol. The molecule has 0 bridgehead atoms. The molecule has 0 aliphatic carbocycles. The number of aromatic nitrogens is 1. The van der Waals surface area contributed by atoms with Gasteiger partial charge in [-0.3, -0.25) is 4.98 Å². The summed E-state index contributed by atoms with van der Waals surface area (Å²) in [4.78, 5) is 5.99. The van der Waals surface area contributed by atoms with Crippen molar-refractivity contribution in [3.05, 3.63) is 53.5 Å². The fourth-order valence-corrected chi connectivity index (χ4v) is 2.02. The van der Waals surface area contributed by atoms with E-state index in [1.54, 1.807) is 6.26 Å². The Morgan fingerprint density at radius 3 is 2.80 bits per heavy atom. The number of furan rings is 1. The third-order valence-corrected chi connectivity index (χ3v) is 3.28. The molecule has 0 aliphatic heterocycles. The van der Waals surface area contributed by atoms with Gasteiger partial charge in [-0.05, 0) is 38.6 Å². The number of nitrogens with zero attached hydrogens (tertiary/aromatic N) is 2. The predicted octanol–water partition coefficient (Wildman–Crippen LogP) is 2.68.